The Hall–Kier alpha value is -0.580. The van der Waals surface area contributed by atoms with Crippen LogP contribution in [0.25, 0.3) is 0 Å². The molecule has 1 aliphatic carbocycles. The number of halogens is 1. The molecule has 0 amide bonds. The molecule has 1 aliphatic heterocycles. The number of aliphatic hydroxyl groups excluding tert-OH is 1. The van der Waals surface area contributed by atoms with Crippen LogP contribution in [0.1, 0.15) is 18.4 Å². The number of nitrogen functional groups attached to an aromatic ring is 1. The van der Waals surface area contributed by atoms with Crippen molar-refractivity contribution in [2.24, 2.45) is 11.8 Å². The van der Waals surface area contributed by atoms with Gasteiger partial charge in [0.1, 0.15) is 0 Å². The van der Waals surface area contributed by atoms with Gasteiger partial charge in [-0.1, -0.05) is 22.0 Å². The number of hydrogen-bond acceptors (Lipinski definition) is 3. The Labute approximate surface area is 116 Å². The van der Waals surface area contributed by atoms with Crippen LogP contribution in [-0.2, 0) is 6.54 Å². The number of anilines is 1. The highest BCUT2D eigenvalue weighted by molar-refractivity contribution is 9.10. The van der Waals surface area contributed by atoms with Crippen molar-refractivity contribution >= 4 is 21.6 Å². The van der Waals surface area contributed by atoms with Gasteiger partial charge >= 0.3 is 0 Å². The van der Waals surface area contributed by atoms with Gasteiger partial charge in [0.2, 0.25) is 0 Å². The predicted molar refractivity (Wildman–Crippen MR) is 76.1 cm³/mol. The minimum Gasteiger partial charge on any atom is -0.398 e. The molecule has 3 unspecified atom stereocenters. The van der Waals surface area contributed by atoms with Gasteiger partial charge < -0.3 is 10.8 Å². The monoisotopic (exact) mass is 310 g/mol. The third-order valence-corrected chi connectivity index (χ3v) is 4.89. The fourth-order valence-electron chi connectivity index (χ4n) is 3.41. The molecule has 1 heterocycles. The molecule has 2 aliphatic rings. The zero-order valence-electron chi connectivity index (χ0n) is 10.3. The van der Waals surface area contributed by atoms with Gasteiger partial charge in [-0.2, -0.15) is 0 Å². The SMILES string of the molecule is Nc1cc(Br)ccc1CN1CC2CCC(O)C2C1. The van der Waals surface area contributed by atoms with Gasteiger partial charge in [0, 0.05) is 35.7 Å². The van der Waals surface area contributed by atoms with Crippen molar-refractivity contribution in [2.75, 3.05) is 18.8 Å². The van der Waals surface area contributed by atoms with Crippen molar-refractivity contribution in [1.29, 1.82) is 0 Å². The highest BCUT2D eigenvalue weighted by atomic mass is 79.9. The Morgan fingerprint density at radius 2 is 2.17 bits per heavy atom. The molecule has 1 aromatic carbocycles. The van der Waals surface area contributed by atoms with Crippen molar-refractivity contribution in [3.63, 3.8) is 0 Å². The average Bonchev–Trinajstić information content (AvgIpc) is 2.86. The van der Waals surface area contributed by atoms with Gasteiger partial charge in [-0.25, -0.2) is 0 Å². The van der Waals surface area contributed by atoms with E-state index in [-0.39, 0.29) is 6.10 Å². The molecule has 18 heavy (non-hydrogen) atoms. The lowest BCUT2D eigenvalue weighted by Gasteiger charge is -2.19. The van der Waals surface area contributed by atoms with E-state index >= 15 is 0 Å². The fourth-order valence-corrected chi connectivity index (χ4v) is 3.79. The zero-order chi connectivity index (χ0) is 12.7. The van der Waals surface area contributed by atoms with Crippen LogP contribution in [0, 0.1) is 11.8 Å². The highest BCUT2D eigenvalue weighted by Gasteiger charge is 2.41. The van der Waals surface area contributed by atoms with E-state index in [1.807, 2.05) is 12.1 Å². The molecule has 1 saturated carbocycles. The molecular formula is C14H19BrN2O. The lowest BCUT2D eigenvalue weighted by Crippen LogP contribution is -2.24. The first kappa shape index (κ1) is 12.5. The Balaban J connectivity index is 1.68. The summed E-state index contributed by atoms with van der Waals surface area (Å²) in [4.78, 5) is 2.43. The van der Waals surface area contributed by atoms with Crippen molar-refractivity contribution in [2.45, 2.75) is 25.5 Å². The van der Waals surface area contributed by atoms with Crippen molar-refractivity contribution in [3.05, 3.63) is 28.2 Å². The molecule has 3 rings (SSSR count). The van der Waals surface area contributed by atoms with Gasteiger partial charge in [0.25, 0.3) is 0 Å². The predicted octanol–water partition coefficient (Wildman–Crippen LogP) is 2.23. The normalized spacial score (nSPS) is 31.8. The second-order valence-electron chi connectivity index (χ2n) is 5.61. The van der Waals surface area contributed by atoms with Crippen LogP contribution in [0.2, 0.25) is 0 Å². The first-order valence-electron chi connectivity index (χ1n) is 6.58. The molecule has 0 spiro atoms. The van der Waals surface area contributed by atoms with Crippen molar-refractivity contribution in [3.8, 4) is 0 Å². The number of benzene rings is 1. The second-order valence-corrected chi connectivity index (χ2v) is 6.52. The van der Waals surface area contributed by atoms with Crippen molar-refractivity contribution in [1.82, 2.24) is 4.90 Å². The van der Waals surface area contributed by atoms with Crippen LogP contribution >= 0.6 is 15.9 Å². The molecule has 98 valence electrons. The Kier molecular flexibility index (Phi) is 3.34. The van der Waals surface area contributed by atoms with Crippen LogP contribution in [0.5, 0.6) is 0 Å². The van der Waals surface area contributed by atoms with Crippen LogP contribution in [0.4, 0.5) is 5.69 Å². The van der Waals surface area contributed by atoms with Gasteiger partial charge in [-0.15, -0.1) is 0 Å². The molecule has 3 nitrogen and oxygen atoms in total. The van der Waals surface area contributed by atoms with Crippen molar-refractivity contribution < 1.29 is 5.11 Å². The Morgan fingerprint density at radius 3 is 2.89 bits per heavy atom. The molecule has 4 heteroatoms. The van der Waals surface area contributed by atoms with Crippen LogP contribution in [-0.4, -0.2) is 29.2 Å². The summed E-state index contributed by atoms with van der Waals surface area (Å²) in [6.07, 6.45) is 2.09. The third-order valence-electron chi connectivity index (χ3n) is 4.40. The number of hydrogen-bond donors (Lipinski definition) is 2. The summed E-state index contributed by atoms with van der Waals surface area (Å²) < 4.78 is 1.03. The topological polar surface area (TPSA) is 49.5 Å². The van der Waals surface area contributed by atoms with Crippen LogP contribution in [0.15, 0.2) is 22.7 Å². The second kappa shape index (κ2) is 4.83. The first-order chi connectivity index (χ1) is 8.63. The molecule has 1 aromatic rings. The molecule has 2 fully saturated rings. The van der Waals surface area contributed by atoms with E-state index in [1.54, 1.807) is 0 Å². The maximum absolute atomic E-state index is 9.92. The number of aliphatic hydroxyl groups is 1. The average molecular weight is 311 g/mol. The standard InChI is InChI=1S/C14H19BrN2O/c15-11-3-1-10(13(16)5-11)7-17-6-9-2-4-14(18)12(9)8-17/h1,3,5,9,12,14,18H,2,4,6-8,16H2. The van der Waals surface area contributed by atoms with E-state index in [0.29, 0.717) is 11.8 Å². The Morgan fingerprint density at radius 1 is 1.33 bits per heavy atom. The number of nitrogens with two attached hydrogens (primary N) is 1. The first-order valence-corrected chi connectivity index (χ1v) is 7.37. The van der Waals surface area contributed by atoms with E-state index in [0.717, 1.165) is 36.2 Å². The quantitative estimate of drug-likeness (QED) is 0.824. The van der Waals surface area contributed by atoms with E-state index in [1.165, 1.54) is 12.0 Å². The summed E-state index contributed by atoms with van der Waals surface area (Å²) in [5.74, 6) is 1.18. The number of likely N-dealkylation sites (tertiary alicyclic amines) is 1. The van der Waals surface area contributed by atoms with E-state index in [9.17, 15) is 5.11 Å². The molecule has 1 saturated heterocycles. The lowest BCUT2D eigenvalue weighted by atomic mass is 10.00. The van der Waals surface area contributed by atoms with Gasteiger partial charge in [0.15, 0.2) is 0 Å². The molecule has 0 bridgehead atoms. The number of rotatable bonds is 2. The fraction of sp³-hybridized carbons (Fsp3) is 0.571. The van der Waals surface area contributed by atoms with E-state index < -0.39 is 0 Å². The summed E-state index contributed by atoms with van der Waals surface area (Å²) in [7, 11) is 0. The summed E-state index contributed by atoms with van der Waals surface area (Å²) in [5, 5.41) is 9.92. The molecule has 0 radical (unpaired) electrons. The summed E-state index contributed by atoms with van der Waals surface area (Å²) in [5.41, 5.74) is 8.07. The van der Waals surface area contributed by atoms with Gasteiger partial charge in [0.05, 0.1) is 6.10 Å². The van der Waals surface area contributed by atoms with Crippen LogP contribution in [0.3, 0.4) is 0 Å². The zero-order valence-corrected chi connectivity index (χ0v) is 11.9. The van der Waals surface area contributed by atoms with E-state index in [4.69, 9.17) is 5.73 Å². The van der Waals surface area contributed by atoms with E-state index in [2.05, 4.69) is 26.9 Å². The minimum absolute atomic E-state index is 0.0812. The summed E-state index contributed by atoms with van der Waals surface area (Å²) in [6, 6.07) is 6.09. The molecular weight excluding hydrogens is 292 g/mol. The molecule has 3 N–H and O–H groups in total. The number of nitrogens with zero attached hydrogens (tertiary/aromatic N) is 1. The number of fused-ring (bicyclic) bond motifs is 1. The van der Waals surface area contributed by atoms with Crippen LogP contribution < -0.4 is 5.73 Å². The molecule has 3 atom stereocenters. The third kappa shape index (κ3) is 2.29. The summed E-state index contributed by atoms with van der Waals surface area (Å²) >= 11 is 3.43. The smallest absolute Gasteiger partial charge is 0.0583 e. The summed E-state index contributed by atoms with van der Waals surface area (Å²) in [6.45, 7) is 3.03. The van der Waals surface area contributed by atoms with Gasteiger partial charge in [-0.3, -0.25) is 4.90 Å². The Bertz CT molecular complexity index is 451. The maximum atomic E-state index is 9.92. The highest BCUT2D eigenvalue weighted by Crippen LogP contribution is 2.38. The molecule has 0 aromatic heterocycles. The van der Waals surface area contributed by atoms with Gasteiger partial charge in [-0.05, 0) is 36.5 Å². The minimum atomic E-state index is -0.0812. The largest absolute Gasteiger partial charge is 0.398 e. The maximum Gasteiger partial charge on any atom is 0.0583 e. The lowest BCUT2D eigenvalue weighted by molar-refractivity contribution is 0.123.